The molecule has 0 N–H and O–H groups in total. The van der Waals surface area contributed by atoms with Crippen molar-refractivity contribution in [3.05, 3.63) is 0 Å². The van der Waals surface area contributed by atoms with Gasteiger partial charge in [0.15, 0.2) is 0 Å². The van der Waals surface area contributed by atoms with Crippen molar-refractivity contribution < 1.29 is 0 Å². The van der Waals surface area contributed by atoms with Crippen molar-refractivity contribution in [1.82, 2.24) is 4.53 Å². The average molecular weight is 105 g/mol. The number of hydrogen-bond donors (Lipinski definition) is 0. The summed E-state index contributed by atoms with van der Waals surface area (Å²) in [6, 6.07) is 0. The van der Waals surface area contributed by atoms with E-state index < -0.39 is 0 Å². The third kappa shape index (κ3) is 0.627. The van der Waals surface area contributed by atoms with Gasteiger partial charge in [0, 0.05) is 24.4 Å². The number of halogens is 1. The van der Waals surface area contributed by atoms with Gasteiger partial charge in [0.25, 0.3) is 0 Å². The summed E-state index contributed by atoms with van der Waals surface area (Å²) in [6.07, 6.45) is 2.79. The van der Waals surface area contributed by atoms with E-state index in [0.29, 0.717) is 0 Å². The molecule has 0 amide bonds. The molecule has 2 nitrogen and oxygen atoms in total. The van der Waals surface area contributed by atoms with Gasteiger partial charge in [-0.15, -0.1) is 0 Å². The minimum absolute atomic E-state index is 0.863. The Morgan fingerprint density at radius 2 is 2.67 bits per heavy atom. The van der Waals surface area contributed by atoms with Gasteiger partial charge in [0.1, 0.15) is 0 Å². The highest BCUT2D eigenvalue weighted by Crippen LogP contribution is 2.00. The second kappa shape index (κ2) is 1.47. The van der Waals surface area contributed by atoms with Gasteiger partial charge in [0.05, 0.1) is 6.54 Å². The summed E-state index contributed by atoms with van der Waals surface area (Å²) in [5, 5.41) is 3.71. The SMILES string of the molecule is ClN1CCC=N1. The van der Waals surface area contributed by atoms with Crippen molar-refractivity contribution in [3.63, 3.8) is 0 Å². The standard InChI is InChI=1S/C3H5ClN2/c4-6-3-1-2-5-6/h2H,1,3H2. The molecule has 0 spiro atoms. The van der Waals surface area contributed by atoms with E-state index in [0.717, 1.165) is 13.0 Å². The van der Waals surface area contributed by atoms with Crippen molar-refractivity contribution in [2.75, 3.05) is 6.54 Å². The molecule has 0 aliphatic carbocycles. The molecule has 0 aromatic heterocycles. The van der Waals surface area contributed by atoms with E-state index in [-0.39, 0.29) is 0 Å². The summed E-state index contributed by atoms with van der Waals surface area (Å²) in [5.74, 6) is 0. The van der Waals surface area contributed by atoms with E-state index in [1.54, 1.807) is 6.21 Å². The van der Waals surface area contributed by atoms with E-state index in [4.69, 9.17) is 11.8 Å². The summed E-state index contributed by atoms with van der Waals surface area (Å²) in [4.78, 5) is 0. The molecule has 1 aliphatic heterocycles. The maximum absolute atomic E-state index is 5.35. The fourth-order valence-electron chi connectivity index (χ4n) is 0.368. The van der Waals surface area contributed by atoms with Crippen LogP contribution in [0.4, 0.5) is 0 Å². The van der Waals surface area contributed by atoms with Crippen LogP contribution in [-0.2, 0) is 0 Å². The number of rotatable bonds is 0. The first-order chi connectivity index (χ1) is 2.89. The van der Waals surface area contributed by atoms with Crippen LogP contribution in [0.2, 0.25) is 0 Å². The Morgan fingerprint density at radius 3 is 2.83 bits per heavy atom. The molecule has 0 saturated carbocycles. The van der Waals surface area contributed by atoms with Gasteiger partial charge >= 0.3 is 0 Å². The van der Waals surface area contributed by atoms with E-state index in [2.05, 4.69) is 5.10 Å². The molecule has 0 unspecified atom stereocenters. The Labute approximate surface area is 41.5 Å². The average Bonchev–Trinajstić information content (AvgIpc) is 1.86. The molecule has 1 heterocycles. The van der Waals surface area contributed by atoms with Crippen LogP contribution in [-0.4, -0.2) is 17.3 Å². The largest absolute Gasteiger partial charge is 0.206 e. The van der Waals surface area contributed by atoms with Crippen molar-refractivity contribution in [1.29, 1.82) is 0 Å². The van der Waals surface area contributed by atoms with Crippen LogP contribution in [0.3, 0.4) is 0 Å². The minimum atomic E-state index is 0.863. The fourth-order valence-corrected chi connectivity index (χ4v) is 0.528. The Hall–Kier alpha value is -0.240. The quantitative estimate of drug-likeness (QED) is 0.416. The fraction of sp³-hybridized carbons (Fsp3) is 0.667. The normalized spacial score (nSPS) is 19.8. The molecule has 0 fully saturated rings. The smallest absolute Gasteiger partial charge is 0.0588 e. The third-order valence-corrected chi connectivity index (χ3v) is 0.906. The minimum Gasteiger partial charge on any atom is -0.206 e. The molecule has 0 radical (unpaired) electrons. The van der Waals surface area contributed by atoms with Crippen molar-refractivity contribution in [2.24, 2.45) is 5.10 Å². The Balaban J connectivity index is 2.38. The lowest BCUT2D eigenvalue weighted by Gasteiger charge is -1.95. The molecule has 6 heavy (non-hydrogen) atoms. The summed E-state index contributed by atoms with van der Waals surface area (Å²) in [6.45, 7) is 0.863. The first-order valence-electron chi connectivity index (χ1n) is 1.85. The molecule has 0 aromatic rings. The molecular formula is C3H5ClN2. The van der Waals surface area contributed by atoms with Gasteiger partial charge in [0.2, 0.25) is 0 Å². The van der Waals surface area contributed by atoms with Crippen LogP contribution < -0.4 is 0 Å². The van der Waals surface area contributed by atoms with Crippen molar-refractivity contribution in [3.8, 4) is 0 Å². The third-order valence-electron chi connectivity index (χ3n) is 0.650. The highest BCUT2D eigenvalue weighted by molar-refractivity contribution is 6.13. The highest BCUT2D eigenvalue weighted by Gasteiger charge is 1.97. The summed E-state index contributed by atoms with van der Waals surface area (Å²) in [7, 11) is 0. The topological polar surface area (TPSA) is 15.6 Å². The number of nitrogens with zero attached hydrogens (tertiary/aromatic N) is 2. The lowest BCUT2D eigenvalue weighted by Crippen LogP contribution is -1.95. The van der Waals surface area contributed by atoms with Gasteiger partial charge in [-0.2, -0.15) is 5.10 Å². The monoisotopic (exact) mass is 104 g/mol. The summed E-state index contributed by atoms with van der Waals surface area (Å²) in [5.41, 5.74) is 0. The van der Waals surface area contributed by atoms with E-state index in [1.807, 2.05) is 0 Å². The van der Waals surface area contributed by atoms with E-state index >= 15 is 0 Å². The molecule has 0 saturated heterocycles. The lowest BCUT2D eigenvalue weighted by molar-refractivity contribution is 0.536. The second-order valence-corrected chi connectivity index (χ2v) is 1.54. The van der Waals surface area contributed by atoms with E-state index in [9.17, 15) is 0 Å². The zero-order valence-electron chi connectivity index (χ0n) is 3.26. The van der Waals surface area contributed by atoms with Crippen LogP contribution in [0.5, 0.6) is 0 Å². The molecule has 0 bridgehead atoms. The van der Waals surface area contributed by atoms with Crippen molar-refractivity contribution in [2.45, 2.75) is 6.42 Å². The molecule has 3 heteroatoms. The Bertz CT molecular complexity index is 71.2. The molecule has 1 aliphatic rings. The number of hydrazone groups is 1. The van der Waals surface area contributed by atoms with Crippen LogP contribution in [0.25, 0.3) is 0 Å². The highest BCUT2D eigenvalue weighted by atomic mass is 35.5. The van der Waals surface area contributed by atoms with Crippen molar-refractivity contribution >= 4 is 18.0 Å². The van der Waals surface area contributed by atoms with Gasteiger partial charge < -0.3 is 0 Å². The Morgan fingerprint density at radius 1 is 1.83 bits per heavy atom. The predicted molar refractivity (Wildman–Crippen MR) is 25.7 cm³/mol. The molecular weight excluding hydrogens is 99.5 g/mol. The second-order valence-electron chi connectivity index (χ2n) is 1.15. The van der Waals surface area contributed by atoms with Crippen LogP contribution in [0, 0.1) is 0 Å². The maximum atomic E-state index is 5.35. The lowest BCUT2D eigenvalue weighted by atomic mass is 10.5. The number of hydrogen-bond acceptors (Lipinski definition) is 2. The van der Waals surface area contributed by atoms with E-state index in [1.165, 1.54) is 4.53 Å². The van der Waals surface area contributed by atoms with Crippen LogP contribution in [0.1, 0.15) is 6.42 Å². The first kappa shape index (κ1) is 3.93. The van der Waals surface area contributed by atoms with Crippen LogP contribution >= 0.6 is 11.8 Å². The van der Waals surface area contributed by atoms with Crippen LogP contribution in [0.15, 0.2) is 5.10 Å². The first-order valence-corrected chi connectivity index (χ1v) is 2.19. The summed E-state index contributed by atoms with van der Waals surface area (Å²) >= 11 is 5.35. The molecule has 0 aromatic carbocycles. The molecule has 34 valence electrons. The molecule has 0 atom stereocenters. The van der Waals surface area contributed by atoms with Gasteiger partial charge in [-0.25, -0.2) is 4.53 Å². The summed E-state index contributed by atoms with van der Waals surface area (Å²) < 4.78 is 1.40. The maximum Gasteiger partial charge on any atom is 0.0588 e. The van der Waals surface area contributed by atoms with Gasteiger partial charge in [-0.05, 0) is 0 Å². The molecule has 1 rings (SSSR count). The van der Waals surface area contributed by atoms with Gasteiger partial charge in [-0.1, -0.05) is 0 Å². The predicted octanol–water partition coefficient (Wildman–Crippen LogP) is 0.832. The Kier molecular flexibility index (Phi) is 0.965. The van der Waals surface area contributed by atoms with Gasteiger partial charge in [-0.3, -0.25) is 0 Å². The zero-order valence-corrected chi connectivity index (χ0v) is 4.02. The zero-order chi connectivity index (χ0) is 4.41.